The number of fused-ring (bicyclic) bond motifs is 1. The summed E-state index contributed by atoms with van der Waals surface area (Å²) in [5.41, 5.74) is 0.908. The summed E-state index contributed by atoms with van der Waals surface area (Å²) >= 11 is 0. The minimum absolute atomic E-state index is 0.0166. The number of aryl methyl sites for hydroxylation is 2. The van der Waals surface area contributed by atoms with E-state index in [9.17, 15) is 21.6 Å². The van der Waals surface area contributed by atoms with E-state index in [0.717, 1.165) is 11.6 Å². The number of alkyl halides is 3. The lowest BCUT2D eigenvalue weighted by molar-refractivity contribution is -0.137. The SMILES string of the molecule is COc1ccc(-c2nc3ccc(C)cc3n2CCCS(=O)(=O)O)c(C(F)(F)F)c1. The maximum Gasteiger partial charge on any atom is 0.417 e. The van der Waals surface area contributed by atoms with Crippen LogP contribution in [0.15, 0.2) is 36.4 Å². The van der Waals surface area contributed by atoms with Crippen molar-refractivity contribution in [2.75, 3.05) is 12.9 Å². The molecule has 0 amide bonds. The molecular formula is C19H19F3N2O4S. The van der Waals surface area contributed by atoms with Gasteiger partial charge in [-0.2, -0.15) is 21.6 Å². The first-order chi connectivity index (χ1) is 13.5. The average Bonchev–Trinajstić information content (AvgIpc) is 2.97. The van der Waals surface area contributed by atoms with E-state index in [0.29, 0.717) is 11.0 Å². The third-order valence-electron chi connectivity index (χ3n) is 4.46. The Morgan fingerprint density at radius 3 is 2.52 bits per heavy atom. The summed E-state index contributed by atoms with van der Waals surface area (Å²) in [6.45, 7) is 1.90. The molecule has 3 aromatic rings. The molecule has 156 valence electrons. The molecule has 0 spiro atoms. The first-order valence-electron chi connectivity index (χ1n) is 8.67. The summed E-state index contributed by atoms with van der Waals surface area (Å²) in [5.74, 6) is -0.381. The van der Waals surface area contributed by atoms with Gasteiger partial charge < -0.3 is 9.30 Å². The molecule has 0 bridgehead atoms. The minimum Gasteiger partial charge on any atom is -0.497 e. The van der Waals surface area contributed by atoms with Crippen molar-refractivity contribution in [2.45, 2.75) is 26.1 Å². The van der Waals surface area contributed by atoms with Crippen molar-refractivity contribution < 1.29 is 30.9 Å². The van der Waals surface area contributed by atoms with Gasteiger partial charge in [0.25, 0.3) is 10.1 Å². The van der Waals surface area contributed by atoms with Crippen molar-refractivity contribution in [1.29, 1.82) is 0 Å². The molecule has 3 rings (SSSR count). The number of ether oxygens (including phenoxy) is 1. The van der Waals surface area contributed by atoms with E-state index < -0.39 is 27.6 Å². The zero-order chi connectivity index (χ0) is 21.4. The molecule has 2 aromatic carbocycles. The van der Waals surface area contributed by atoms with Gasteiger partial charge in [0.05, 0.1) is 29.5 Å². The fourth-order valence-corrected chi connectivity index (χ4v) is 3.64. The summed E-state index contributed by atoms with van der Waals surface area (Å²) < 4.78 is 78.7. The lowest BCUT2D eigenvalue weighted by atomic mass is 10.1. The number of imidazole rings is 1. The Labute approximate surface area is 165 Å². The van der Waals surface area contributed by atoms with Crippen LogP contribution in [-0.2, 0) is 22.8 Å². The topological polar surface area (TPSA) is 81.4 Å². The molecule has 0 atom stereocenters. The van der Waals surface area contributed by atoms with Crippen LogP contribution in [0, 0.1) is 6.92 Å². The van der Waals surface area contributed by atoms with Crippen LogP contribution >= 0.6 is 0 Å². The van der Waals surface area contributed by atoms with Crippen molar-refractivity contribution in [3.63, 3.8) is 0 Å². The maximum atomic E-state index is 13.7. The highest BCUT2D eigenvalue weighted by atomic mass is 32.2. The van der Waals surface area contributed by atoms with E-state index in [1.807, 2.05) is 6.92 Å². The smallest absolute Gasteiger partial charge is 0.417 e. The Kier molecular flexibility index (Phi) is 5.59. The lowest BCUT2D eigenvalue weighted by Crippen LogP contribution is -2.12. The van der Waals surface area contributed by atoms with Gasteiger partial charge in [-0.25, -0.2) is 4.98 Å². The Balaban J connectivity index is 2.20. The zero-order valence-corrected chi connectivity index (χ0v) is 16.5. The van der Waals surface area contributed by atoms with Crippen LogP contribution in [0.5, 0.6) is 5.75 Å². The number of nitrogens with zero attached hydrogens (tertiary/aromatic N) is 2. The van der Waals surface area contributed by atoms with Gasteiger partial charge in [-0.3, -0.25) is 4.55 Å². The molecule has 6 nitrogen and oxygen atoms in total. The number of hydrogen-bond acceptors (Lipinski definition) is 4. The molecule has 1 aromatic heterocycles. The van der Waals surface area contributed by atoms with Gasteiger partial charge in [0.15, 0.2) is 0 Å². The number of halogens is 3. The van der Waals surface area contributed by atoms with Gasteiger partial charge in [-0.05, 0) is 49.2 Å². The van der Waals surface area contributed by atoms with Crippen LogP contribution < -0.4 is 4.74 Å². The van der Waals surface area contributed by atoms with Crippen molar-refractivity contribution in [3.8, 4) is 17.1 Å². The highest BCUT2D eigenvalue weighted by Gasteiger charge is 2.35. The summed E-state index contributed by atoms with van der Waals surface area (Å²) in [7, 11) is -2.91. The van der Waals surface area contributed by atoms with Gasteiger partial charge in [0, 0.05) is 12.1 Å². The normalized spacial score (nSPS) is 12.5. The predicted octanol–water partition coefficient (Wildman–Crippen LogP) is 4.32. The molecular weight excluding hydrogens is 409 g/mol. The number of aromatic nitrogens is 2. The van der Waals surface area contributed by atoms with E-state index in [-0.39, 0.29) is 30.1 Å². The van der Waals surface area contributed by atoms with Crippen molar-refractivity contribution in [2.24, 2.45) is 0 Å². The van der Waals surface area contributed by atoms with Crippen LogP contribution in [0.2, 0.25) is 0 Å². The predicted molar refractivity (Wildman–Crippen MR) is 102 cm³/mol. The molecule has 0 aliphatic carbocycles. The van der Waals surface area contributed by atoms with E-state index in [4.69, 9.17) is 9.29 Å². The Morgan fingerprint density at radius 2 is 1.90 bits per heavy atom. The summed E-state index contributed by atoms with van der Waals surface area (Å²) in [4.78, 5) is 4.38. The van der Waals surface area contributed by atoms with Crippen LogP contribution in [0.25, 0.3) is 22.4 Å². The number of hydrogen-bond donors (Lipinski definition) is 1. The minimum atomic E-state index is -4.64. The molecule has 0 aliphatic heterocycles. The second kappa shape index (κ2) is 7.68. The summed E-state index contributed by atoms with van der Waals surface area (Å²) in [6.07, 6.45) is -4.63. The number of methoxy groups -OCH3 is 1. The van der Waals surface area contributed by atoms with E-state index in [1.54, 1.807) is 22.8 Å². The molecule has 0 aliphatic rings. The van der Waals surface area contributed by atoms with Crippen molar-refractivity contribution in [1.82, 2.24) is 9.55 Å². The largest absolute Gasteiger partial charge is 0.497 e. The van der Waals surface area contributed by atoms with E-state index in [1.165, 1.54) is 19.2 Å². The van der Waals surface area contributed by atoms with Crippen LogP contribution in [0.1, 0.15) is 17.5 Å². The van der Waals surface area contributed by atoms with E-state index in [2.05, 4.69) is 4.98 Å². The molecule has 0 saturated carbocycles. The van der Waals surface area contributed by atoms with Crippen LogP contribution in [0.3, 0.4) is 0 Å². The van der Waals surface area contributed by atoms with Crippen molar-refractivity contribution in [3.05, 3.63) is 47.5 Å². The molecule has 0 unspecified atom stereocenters. The van der Waals surface area contributed by atoms with E-state index >= 15 is 0 Å². The molecule has 0 saturated heterocycles. The number of benzene rings is 2. The Bertz CT molecular complexity index is 1150. The zero-order valence-electron chi connectivity index (χ0n) is 15.7. The maximum absolute atomic E-state index is 13.7. The first-order valence-corrected chi connectivity index (χ1v) is 10.3. The quantitative estimate of drug-likeness (QED) is 0.592. The standard InChI is InChI=1S/C19H19F3N2O4S/c1-12-4-7-16-17(10-12)24(8-3-9-29(25,26)27)18(23-16)14-6-5-13(28-2)11-15(14)19(20,21)22/h4-7,10-11H,3,8-9H2,1-2H3,(H,25,26,27). The molecule has 0 radical (unpaired) electrons. The average molecular weight is 428 g/mol. The van der Waals surface area contributed by atoms with Crippen LogP contribution in [0.4, 0.5) is 13.2 Å². The van der Waals surface area contributed by atoms with Crippen molar-refractivity contribution >= 4 is 21.2 Å². The molecule has 29 heavy (non-hydrogen) atoms. The highest BCUT2D eigenvalue weighted by molar-refractivity contribution is 7.85. The second-order valence-corrected chi connectivity index (χ2v) is 8.20. The van der Waals surface area contributed by atoms with Gasteiger partial charge in [-0.15, -0.1) is 0 Å². The summed E-state index contributed by atoms with van der Waals surface area (Å²) in [5, 5.41) is 0. The molecule has 0 fully saturated rings. The van der Waals surface area contributed by atoms with Gasteiger partial charge in [0.1, 0.15) is 11.6 Å². The second-order valence-electron chi connectivity index (χ2n) is 6.63. The molecule has 1 N–H and O–H groups in total. The summed E-state index contributed by atoms with van der Waals surface area (Å²) in [6, 6.07) is 8.87. The third kappa shape index (κ3) is 4.70. The monoisotopic (exact) mass is 428 g/mol. The van der Waals surface area contributed by atoms with Gasteiger partial charge >= 0.3 is 6.18 Å². The van der Waals surface area contributed by atoms with Crippen LogP contribution in [-0.4, -0.2) is 35.4 Å². The lowest BCUT2D eigenvalue weighted by Gasteiger charge is -2.16. The van der Waals surface area contributed by atoms with Gasteiger partial charge in [0.2, 0.25) is 0 Å². The fourth-order valence-electron chi connectivity index (χ4n) is 3.15. The molecule has 10 heteroatoms. The highest BCUT2D eigenvalue weighted by Crippen LogP contribution is 2.39. The number of rotatable bonds is 6. The Morgan fingerprint density at radius 1 is 1.17 bits per heavy atom. The van der Waals surface area contributed by atoms with Gasteiger partial charge in [-0.1, -0.05) is 6.07 Å². The fraction of sp³-hybridized carbons (Fsp3) is 0.316. The Hall–Kier alpha value is -2.59. The third-order valence-corrected chi connectivity index (χ3v) is 5.27. The molecule has 1 heterocycles. The first kappa shape index (κ1) is 21.1.